The normalized spacial score (nSPS) is 29.3. The molecule has 2 nitrogen and oxygen atoms in total. The monoisotopic (exact) mass is 263 g/mol. The molecule has 0 radical (unpaired) electrons. The molecule has 0 amide bonds. The summed E-state index contributed by atoms with van der Waals surface area (Å²) in [4.78, 5) is 6.32. The molecular weight excluding hydrogens is 242 g/mol. The summed E-state index contributed by atoms with van der Waals surface area (Å²) >= 11 is 1.86. The predicted molar refractivity (Wildman–Crippen MR) is 76.6 cm³/mol. The van der Waals surface area contributed by atoms with Crippen molar-refractivity contribution in [3.8, 4) is 0 Å². The van der Waals surface area contributed by atoms with E-state index in [1.807, 2.05) is 11.3 Å². The molecular formula is C15H21NOS. The molecule has 0 aromatic carbocycles. The van der Waals surface area contributed by atoms with Gasteiger partial charge in [-0.15, -0.1) is 11.3 Å². The number of aliphatic imine (C=N–C) groups is 1. The summed E-state index contributed by atoms with van der Waals surface area (Å²) in [7, 11) is 0. The van der Waals surface area contributed by atoms with Gasteiger partial charge in [0.1, 0.15) is 6.61 Å². The second kappa shape index (κ2) is 4.09. The maximum atomic E-state index is 5.93. The van der Waals surface area contributed by atoms with E-state index < -0.39 is 0 Å². The standard InChI is InChI=1S/C15H21NOS/c1-9(2)11-8-17-14(16-11)12-13-10(5-6-18-13)7-15(12,3)4/h5-6,9,11-12H,7-8H2,1-4H3/t11-,12+/m1/s1. The Kier molecular flexibility index (Phi) is 2.77. The number of nitrogens with zero attached hydrogens (tertiary/aromatic N) is 1. The van der Waals surface area contributed by atoms with Gasteiger partial charge in [0.25, 0.3) is 0 Å². The quantitative estimate of drug-likeness (QED) is 0.794. The molecule has 2 atom stereocenters. The van der Waals surface area contributed by atoms with Crippen molar-refractivity contribution in [2.75, 3.05) is 6.61 Å². The van der Waals surface area contributed by atoms with Crippen LogP contribution in [0.15, 0.2) is 16.4 Å². The van der Waals surface area contributed by atoms with E-state index in [4.69, 9.17) is 9.73 Å². The van der Waals surface area contributed by atoms with E-state index in [1.54, 1.807) is 0 Å². The fraction of sp³-hybridized carbons (Fsp3) is 0.667. The molecule has 98 valence electrons. The van der Waals surface area contributed by atoms with Gasteiger partial charge in [0, 0.05) is 4.88 Å². The lowest BCUT2D eigenvalue weighted by molar-refractivity contribution is 0.261. The van der Waals surface area contributed by atoms with Crippen LogP contribution in [0.25, 0.3) is 0 Å². The maximum absolute atomic E-state index is 5.93. The van der Waals surface area contributed by atoms with E-state index in [0.717, 1.165) is 18.9 Å². The van der Waals surface area contributed by atoms with Gasteiger partial charge in [0.05, 0.1) is 12.0 Å². The van der Waals surface area contributed by atoms with Crippen LogP contribution in [0.3, 0.4) is 0 Å². The van der Waals surface area contributed by atoms with E-state index in [2.05, 4.69) is 39.1 Å². The first kappa shape index (κ1) is 12.2. The molecule has 1 aromatic heterocycles. The average Bonchev–Trinajstić information content (AvgIpc) is 2.91. The van der Waals surface area contributed by atoms with Gasteiger partial charge >= 0.3 is 0 Å². The Bertz CT molecular complexity index is 486. The van der Waals surface area contributed by atoms with Crippen LogP contribution < -0.4 is 0 Å². The molecule has 2 aliphatic rings. The van der Waals surface area contributed by atoms with Crippen LogP contribution in [0.4, 0.5) is 0 Å². The Morgan fingerprint density at radius 2 is 2.22 bits per heavy atom. The largest absolute Gasteiger partial charge is 0.478 e. The van der Waals surface area contributed by atoms with Crippen LogP contribution >= 0.6 is 11.3 Å². The minimum absolute atomic E-state index is 0.243. The minimum Gasteiger partial charge on any atom is -0.478 e. The van der Waals surface area contributed by atoms with E-state index in [1.165, 1.54) is 10.4 Å². The second-order valence-corrected chi connectivity index (χ2v) is 7.45. The van der Waals surface area contributed by atoms with E-state index in [9.17, 15) is 0 Å². The minimum atomic E-state index is 0.243. The van der Waals surface area contributed by atoms with E-state index in [0.29, 0.717) is 17.9 Å². The van der Waals surface area contributed by atoms with Gasteiger partial charge in [-0.1, -0.05) is 27.7 Å². The van der Waals surface area contributed by atoms with Crippen molar-refractivity contribution in [2.24, 2.45) is 16.3 Å². The van der Waals surface area contributed by atoms with Crippen LogP contribution in [0.2, 0.25) is 0 Å². The number of fused-ring (bicyclic) bond motifs is 1. The molecule has 0 spiro atoms. The molecule has 0 fully saturated rings. The zero-order valence-corrected chi connectivity index (χ0v) is 12.4. The Labute approximate surface area is 113 Å². The Balaban J connectivity index is 1.95. The van der Waals surface area contributed by atoms with Gasteiger partial charge in [-0.25, -0.2) is 4.99 Å². The average molecular weight is 263 g/mol. The predicted octanol–water partition coefficient (Wildman–Crippen LogP) is 3.87. The molecule has 1 aromatic rings. The Morgan fingerprint density at radius 1 is 1.44 bits per heavy atom. The highest BCUT2D eigenvalue weighted by molar-refractivity contribution is 7.10. The van der Waals surface area contributed by atoms with Gasteiger partial charge in [0.15, 0.2) is 5.90 Å². The molecule has 0 saturated carbocycles. The number of rotatable bonds is 2. The number of hydrogen-bond donors (Lipinski definition) is 0. The fourth-order valence-electron chi connectivity index (χ4n) is 3.05. The molecule has 0 unspecified atom stereocenters. The lowest BCUT2D eigenvalue weighted by Gasteiger charge is -2.26. The lowest BCUT2D eigenvalue weighted by Crippen LogP contribution is -2.25. The second-order valence-electron chi connectivity index (χ2n) is 6.50. The first-order valence-electron chi connectivity index (χ1n) is 6.76. The summed E-state index contributed by atoms with van der Waals surface area (Å²) in [5.74, 6) is 1.92. The number of hydrogen-bond acceptors (Lipinski definition) is 3. The highest BCUT2D eigenvalue weighted by Gasteiger charge is 2.45. The zero-order chi connectivity index (χ0) is 12.9. The van der Waals surface area contributed by atoms with Crippen LogP contribution in [0, 0.1) is 11.3 Å². The van der Waals surface area contributed by atoms with Gasteiger partial charge in [-0.2, -0.15) is 0 Å². The third-order valence-electron chi connectivity index (χ3n) is 4.18. The number of ether oxygens (including phenoxy) is 1. The molecule has 3 rings (SSSR count). The highest BCUT2D eigenvalue weighted by Crippen LogP contribution is 2.50. The molecule has 3 heteroatoms. The van der Waals surface area contributed by atoms with E-state index >= 15 is 0 Å². The Morgan fingerprint density at radius 3 is 2.89 bits per heavy atom. The maximum Gasteiger partial charge on any atom is 0.192 e. The van der Waals surface area contributed by atoms with Crippen molar-refractivity contribution in [1.82, 2.24) is 0 Å². The topological polar surface area (TPSA) is 21.6 Å². The molecule has 1 aliphatic carbocycles. The van der Waals surface area contributed by atoms with Crippen LogP contribution in [-0.2, 0) is 11.2 Å². The van der Waals surface area contributed by atoms with Crippen molar-refractivity contribution in [1.29, 1.82) is 0 Å². The lowest BCUT2D eigenvalue weighted by atomic mass is 9.81. The fourth-order valence-corrected chi connectivity index (χ4v) is 4.28. The van der Waals surface area contributed by atoms with Gasteiger partial charge < -0.3 is 4.74 Å². The Hall–Kier alpha value is -0.830. The third-order valence-corrected chi connectivity index (χ3v) is 5.21. The summed E-state index contributed by atoms with van der Waals surface area (Å²) in [6.45, 7) is 9.87. The van der Waals surface area contributed by atoms with Crippen molar-refractivity contribution in [2.45, 2.75) is 46.1 Å². The van der Waals surface area contributed by atoms with Crippen molar-refractivity contribution in [3.05, 3.63) is 21.9 Å². The molecule has 0 bridgehead atoms. The molecule has 0 N–H and O–H groups in total. The summed E-state index contributed by atoms with van der Waals surface area (Å²) < 4.78 is 5.93. The SMILES string of the molecule is CC(C)[C@H]1COC([C@@H]2c3sccc3CC2(C)C)=N1. The van der Waals surface area contributed by atoms with E-state index in [-0.39, 0.29) is 5.41 Å². The summed E-state index contributed by atoms with van der Waals surface area (Å²) in [5, 5.41) is 2.20. The van der Waals surface area contributed by atoms with Gasteiger partial charge in [-0.05, 0) is 34.8 Å². The first-order chi connectivity index (χ1) is 8.49. The molecule has 0 saturated heterocycles. The number of thiophene rings is 1. The summed E-state index contributed by atoms with van der Waals surface area (Å²) in [6, 6.07) is 2.61. The van der Waals surface area contributed by atoms with Crippen molar-refractivity contribution < 1.29 is 4.74 Å². The highest BCUT2D eigenvalue weighted by atomic mass is 32.1. The van der Waals surface area contributed by atoms with Gasteiger partial charge in [-0.3, -0.25) is 0 Å². The zero-order valence-electron chi connectivity index (χ0n) is 11.6. The summed E-state index contributed by atoms with van der Waals surface area (Å²) in [6.07, 6.45) is 1.14. The van der Waals surface area contributed by atoms with Crippen molar-refractivity contribution in [3.63, 3.8) is 0 Å². The van der Waals surface area contributed by atoms with Gasteiger partial charge in [0.2, 0.25) is 0 Å². The summed E-state index contributed by atoms with van der Waals surface area (Å²) in [5.41, 5.74) is 1.74. The smallest absolute Gasteiger partial charge is 0.192 e. The first-order valence-corrected chi connectivity index (χ1v) is 7.64. The molecule has 1 aliphatic heterocycles. The van der Waals surface area contributed by atoms with Crippen molar-refractivity contribution >= 4 is 17.2 Å². The third kappa shape index (κ3) is 1.80. The molecule has 18 heavy (non-hydrogen) atoms. The van der Waals surface area contributed by atoms with Crippen LogP contribution in [0.5, 0.6) is 0 Å². The molecule has 2 heterocycles. The van der Waals surface area contributed by atoms with Crippen LogP contribution in [0.1, 0.15) is 44.1 Å². The van der Waals surface area contributed by atoms with Crippen LogP contribution in [-0.4, -0.2) is 18.5 Å².